The van der Waals surface area contributed by atoms with E-state index in [0.29, 0.717) is 50.4 Å². The van der Waals surface area contributed by atoms with Gasteiger partial charge in [0.15, 0.2) is 5.65 Å². The molecule has 2 amide bonds. The second-order valence-electron chi connectivity index (χ2n) is 13.2. The molecule has 5 rings (SSSR count). The molecule has 0 bridgehead atoms. The molecule has 2 fully saturated rings. The van der Waals surface area contributed by atoms with Gasteiger partial charge in [-0.3, -0.25) is 19.1 Å². The van der Waals surface area contributed by atoms with Crippen LogP contribution in [0, 0.1) is 11.2 Å². The van der Waals surface area contributed by atoms with E-state index in [4.69, 9.17) is 0 Å². The van der Waals surface area contributed by atoms with E-state index in [2.05, 4.69) is 36.1 Å². The number of rotatable bonds is 10. The Hall–Kier alpha value is -3.38. The van der Waals surface area contributed by atoms with Crippen molar-refractivity contribution < 1.29 is 18.3 Å². The number of thioether (sulfide) groups is 1. The minimum Gasteiger partial charge on any atom is -0.381 e. The number of nitrogens with one attached hydrogen (secondary N) is 2. The number of likely N-dealkylation sites (tertiary alicyclic amines) is 1. The van der Waals surface area contributed by atoms with E-state index in [1.165, 1.54) is 17.8 Å². The molecule has 2 aromatic heterocycles. The summed E-state index contributed by atoms with van der Waals surface area (Å²) in [5.41, 5.74) is 2.29. The number of aromatic nitrogens is 3. The smallest absolute Gasteiger partial charge is 0.327 e. The molecule has 2 aliphatic heterocycles. The Kier molecular flexibility index (Phi) is 9.69. The Bertz CT molecular complexity index is 1560. The van der Waals surface area contributed by atoms with Crippen molar-refractivity contribution in [3.05, 3.63) is 58.4 Å². The Morgan fingerprint density at radius 3 is 2.64 bits per heavy atom. The number of carbonyl (C=O) groups is 2. The molecule has 2 N–H and O–H groups in total. The number of anilines is 1. The predicted octanol–water partition coefficient (Wildman–Crippen LogP) is 5.21. The first kappa shape index (κ1) is 32.0. The Labute approximate surface area is 266 Å². The third kappa shape index (κ3) is 7.12. The summed E-state index contributed by atoms with van der Waals surface area (Å²) in [6.07, 6.45) is 3.81. The van der Waals surface area contributed by atoms with E-state index in [0.717, 1.165) is 24.0 Å². The number of amides is 2. The number of hydrogen-bond donors (Lipinski definition) is 2. The number of halogens is 1. The van der Waals surface area contributed by atoms with Gasteiger partial charge in [-0.1, -0.05) is 32.9 Å². The lowest BCUT2D eigenvalue weighted by Crippen LogP contribution is -2.42. The maximum absolute atomic E-state index is 15.1. The number of benzene rings is 1. The molecule has 2 atom stereocenters. The highest BCUT2D eigenvalue weighted by Crippen LogP contribution is 2.47. The molecular weight excluding hydrogens is 581 g/mol. The van der Waals surface area contributed by atoms with Gasteiger partial charge in [0.2, 0.25) is 11.8 Å². The molecule has 0 aliphatic carbocycles. The molecule has 2 saturated heterocycles. The molecule has 0 spiro atoms. The van der Waals surface area contributed by atoms with Gasteiger partial charge in [0, 0.05) is 61.2 Å². The summed E-state index contributed by atoms with van der Waals surface area (Å²) in [6, 6.07) is 8.67. The number of hydrogen-bond acceptors (Lipinski definition) is 7. The van der Waals surface area contributed by atoms with Crippen molar-refractivity contribution in [2.45, 2.75) is 63.1 Å². The van der Waals surface area contributed by atoms with Crippen molar-refractivity contribution in [1.82, 2.24) is 29.2 Å². The van der Waals surface area contributed by atoms with E-state index < -0.39 is 10.6 Å². The van der Waals surface area contributed by atoms with Crippen LogP contribution in [0.4, 0.5) is 10.1 Å². The SMILES string of the molecule is CN(C)CCNc1c(F)cccc1C1S[C@@H](CC(=O)N2CCC(n3c(=O)[nH]c4ncccc43)CC2)C(=O)N1CCC(C)(C)C.[HH].[HH].[HH]. The van der Waals surface area contributed by atoms with Gasteiger partial charge < -0.3 is 20.0 Å². The number of aromatic amines is 1. The third-order valence-corrected chi connectivity index (χ3v) is 9.91. The van der Waals surface area contributed by atoms with Crippen molar-refractivity contribution in [2.75, 3.05) is 52.1 Å². The quantitative estimate of drug-likeness (QED) is 0.317. The minimum absolute atomic E-state index is 0. The van der Waals surface area contributed by atoms with Gasteiger partial charge in [-0.2, -0.15) is 0 Å². The molecule has 44 heavy (non-hydrogen) atoms. The summed E-state index contributed by atoms with van der Waals surface area (Å²) in [7, 11) is 3.93. The highest BCUT2D eigenvalue weighted by Gasteiger charge is 2.44. The normalized spacial score (nSPS) is 19.8. The molecule has 0 radical (unpaired) electrons. The maximum atomic E-state index is 15.1. The molecule has 10 nitrogen and oxygen atoms in total. The van der Waals surface area contributed by atoms with Crippen LogP contribution >= 0.6 is 11.8 Å². The zero-order valence-corrected chi connectivity index (χ0v) is 27.1. The van der Waals surface area contributed by atoms with Crippen LogP contribution in [0.15, 0.2) is 41.3 Å². The molecule has 1 aromatic carbocycles. The lowest BCUT2D eigenvalue weighted by molar-refractivity contribution is -0.136. The molecule has 2 aliphatic rings. The lowest BCUT2D eigenvalue weighted by atomic mass is 9.92. The Morgan fingerprint density at radius 1 is 1.18 bits per heavy atom. The second kappa shape index (κ2) is 13.3. The number of likely N-dealkylation sites (N-methyl/N-ethyl adjacent to an activating group) is 1. The van der Waals surface area contributed by atoms with Gasteiger partial charge in [-0.25, -0.2) is 14.2 Å². The summed E-state index contributed by atoms with van der Waals surface area (Å²) in [5, 5.41) is 2.32. The van der Waals surface area contributed by atoms with Gasteiger partial charge in [-0.15, -0.1) is 11.8 Å². The number of pyridine rings is 1. The van der Waals surface area contributed by atoms with Crippen LogP contribution in [0.25, 0.3) is 11.2 Å². The second-order valence-corrected chi connectivity index (χ2v) is 14.5. The number of piperidine rings is 1. The first-order chi connectivity index (χ1) is 20.9. The van der Waals surface area contributed by atoms with Gasteiger partial charge in [0.1, 0.15) is 11.2 Å². The fourth-order valence-corrected chi connectivity index (χ4v) is 7.47. The Morgan fingerprint density at radius 2 is 1.93 bits per heavy atom. The van der Waals surface area contributed by atoms with E-state index >= 15 is 4.39 Å². The van der Waals surface area contributed by atoms with E-state index in [9.17, 15) is 14.4 Å². The van der Waals surface area contributed by atoms with Crippen molar-refractivity contribution in [3.63, 3.8) is 0 Å². The Balaban J connectivity index is 0.00000256. The van der Waals surface area contributed by atoms with Crippen LogP contribution in [0.3, 0.4) is 0 Å². The van der Waals surface area contributed by atoms with Crippen LogP contribution in [0.5, 0.6) is 0 Å². The molecule has 0 saturated carbocycles. The number of nitrogens with zero attached hydrogens (tertiary/aromatic N) is 5. The third-order valence-electron chi connectivity index (χ3n) is 8.44. The largest absolute Gasteiger partial charge is 0.381 e. The van der Waals surface area contributed by atoms with E-state index in [1.807, 2.05) is 47.0 Å². The molecule has 4 heterocycles. The van der Waals surface area contributed by atoms with Gasteiger partial charge in [0.25, 0.3) is 0 Å². The predicted molar refractivity (Wildman–Crippen MR) is 180 cm³/mol. The molecular formula is C32H50FN7O3S. The van der Waals surface area contributed by atoms with Gasteiger partial charge in [-0.05, 0) is 57.0 Å². The van der Waals surface area contributed by atoms with Crippen molar-refractivity contribution in [3.8, 4) is 0 Å². The van der Waals surface area contributed by atoms with Crippen LogP contribution < -0.4 is 11.0 Å². The average Bonchev–Trinajstić information content (AvgIpc) is 3.47. The van der Waals surface area contributed by atoms with Crippen LogP contribution in [0.1, 0.15) is 67.7 Å². The first-order valence-electron chi connectivity index (χ1n) is 15.4. The molecule has 1 unspecified atom stereocenters. The summed E-state index contributed by atoms with van der Waals surface area (Å²) in [6.45, 7) is 9.25. The zero-order valence-electron chi connectivity index (χ0n) is 26.3. The van der Waals surface area contributed by atoms with Crippen molar-refractivity contribution >= 4 is 40.4 Å². The number of imidazole rings is 1. The minimum atomic E-state index is -0.551. The fraction of sp³-hybridized carbons (Fsp3) is 0.562. The highest BCUT2D eigenvalue weighted by atomic mass is 32.2. The van der Waals surface area contributed by atoms with Crippen LogP contribution in [-0.4, -0.2) is 93.1 Å². The number of fused-ring (bicyclic) bond motifs is 1. The number of carbonyl (C=O) groups excluding carboxylic acids is 2. The summed E-state index contributed by atoms with van der Waals surface area (Å²) in [4.78, 5) is 52.8. The van der Waals surface area contributed by atoms with Crippen LogP contribution in [-0.2, 0) is 9.59 Å². The average molecular weight is 632 g/mol. The van der Waals surface area contributed by atoms with Crippen molar-refractivity contribution in [2.24, 2.45) is 5.41 Å². The molecule has 244 valence electrons. The standard InChI is InChI=1S/C32H44FN7O3S.3H2/c1-32(2,3)13-18-39-29(42)25(44-30(39)22-8-6-9-23(33)27(22)34-15-19-37(4)5)20-26(41)38-16-11-21(12-17-38)40-24-10-7-14-35-28(24)36-31(40)43;;;/h6-10,14,21,25,30,34H,11-13,15-20H2,1-5H3,(H,35,36,43);3*1H/t25-,30?;;;/m0.../s1. The zero-order chi connectivity index (χ0) is 31.6. The van der Waals surface area contributed by atoms with Gasteiger partial charge in [0.05, 0.1) is 16.5 Å². The summed E-state index contributed by atoms with van der Waals surface area (Å²) < 4.78 is 16.9. The summed E-state index contributed by atoms with van der Waals surface area (Å²) in [5.74, 6) is -0.492. The molecule has 12 heteroatoms. The van der Waals surface area contributed by atoms with Gasteiger partial charge >= 0.3 is 5.69 Å². The monoisotopic (exact) mass is 631 g/mol. The highest BCUT2D eigenvalue weighted by molar-refractivity contribution is 8.01. The fourth-order valence-electron chi connectivity index (χ4n) is 5.97. The topological polar surface area (TPSA) is 107 Å². The van der Waals surface area contributed by atoms with E-state index in [1.54, 1.807) is 16.8 Å². The number of H-pyrrole nitrogens is 1. The molecule has 3 aromatic rings. The summed E-state index contributed by atoms with van der Waals surface area (Å²) >= 11 is 1.44. The lowest BCUT2D eigenvalue weighted by Gasteiger charge is -2.33. The number of para-hydroxylation sites is 1. The van der Waals surface area contributed by atoms with Crippen molar-refractivity contribution in [1.29, 1.82) is 0 Å². The first-order valence-corrected chi connectivity index (χ1v) is 16.3. The van der Waals surface area contributed by atoms with E-state index in [-0.39, 0.29) is 45.5 Å². The van der Waals surface area contributed by atoms with Crippen LogP contribution in [0.2, 0.25) is 0 Å². The maximum Gasteiger partial charge on any atom is 0.327 e.